The van der Waals surface area contributed by atoms with Gasteiger partial charge in [0.15, 0.2) is 5.65 Å². The van der Waals surface area contributed by atoms with Crippen molar-refractivity contribution in [3.63, 3.8) is 0 Å². The Morgan fingerprint density at radius 1 is 1.00 bits per heavy atom. The lowest BCUT2D eigenvalue weighted by Gasteiger charge is -2.21. The first kappa shape index (κ1) is 22.6. The van der Waals surface area contributed by atoms with Crippen LogP contribution in [0.3, 0.4) is 0 Å². The van der Waals surface area contributed by atoms with Gasteiger partial charge in [0.25, 0.3) is 0 Å². The second-order valence-electron chi connectivity index (χ2n) is 6.42. The van der Waals surface area contributed by atoms with E-state index in [9.17, 15) is 31.4 Å². The van der Waals surface area contributed by atoms with Gasteiger partial charge in [-0.3, -0.25) is 0 Å². The van der Waals surface area contributed by atoms with E-state index in [2.05, 4.69) is 15.1 Å². The van der Waals surface area contributed by atoms with Crippen molar-refractivity contribution in [3.8, 4) is 11.9 Å². The van der Waals surface area contributed by atoms with Crippen molar-refractivity contribution in [1.82, 2.24) is 19.7 Å². The Morgan fingerprint density at radius 2 is 1.65 bits per heavy atom. The Balaban J connectivity index is 2.24. The molecule has 3 aromatic rings. The Hall–Kier alpha value is -3.09. The summed E-state index contributed by atoms with van der Waals surface area (Å²) in [5.74, 6) is -0.0877. The fourth-order valence-electron chi connectivity index (χ4n) is 3.08. The molecule has 0 aliphatic rings. The standard InChI is InChI=1S/C18H16F6N4O3/c1-30-15-13-11(8-29)27-28(14(13)25-16(26-15)31-2)12(7-17(19,20)21)9-3-5-10(6-4-9)18(22,23)24/h3-6,12,29H,7-8H2,1-2H3. The lowest BCUT2D eigenvalue weighted by molar-refractivity contribution is -0.141. The van der Waals surface area contributed by atoms with Gasteiger partial charge in [-0.1, -0.05) is 12.1 Å². The number of halogens is 6. The Labute approximate surface area is 171 Å². The van der Waals surface area contributed by atoms with Gasteiger partial charge >= 0.3 is 18.4 Å². The number of alkyl halides is 6. The van der Waals surface area contributed by atoms with Gasteiger partial charge in [0.1, 0.15) is 11.1 Å². The molecule has 0 aliphatic heterocycles. The number of methoxy groups -OCH3 is 2. The molecule has 1 atom stereocenters. The Bertz CT molecular complexity index is 1060. The Morgan fingerprint density at radius 3 is 2.13 bits per heavy atom. The summed E-state index contributed by atoms with van der Waals surface area (Å²) in [5, 5.41) is 13.7. The molecule has 0 saturated heterocycles. The van der Waals surface area contributed by atoms with Gasteiger partial charge in [-0.2, -0.15) is 41.4 Å². The first-order valence-corrected chi connectivity index (χ1v) is 8.70. The van der Waals surface area contributed by atoms with Crippen molar-refractivity contribution in [2.75, 3.05) is 14.2 Å². The van der Waals surface area contributed by atoms with Crippen LogP contribution in [0.4, 0.5) is 26.3 Å². The van der Waals surface area contributed by atoms with E-state index in [4.69, 9.17) is 9.47 Å². The van der Waals surface area contributed by atoms with E-state index < -0.39 is 37.0 Å². The summed E-state index contributed by atoms with van der Waals surface area (Å²) >= 11 is 0. The molecule has 2 heterocycles. The highest BCUT2D eigenvalue weighted by Crippen LogP contribution is 2.38. The van der Waals surface area contributed by atoms with Gasteiger partial charge in [0.05, 0.1) is 38.9 Å². The number of rotatable bonds is 6. The van der Waals surface area contributed by atoms with Gasteiger partial charge in [0, 0.05) is 0 Å². The molecule has 1 unspecified atom stereocenters. The number of aromatic nitrogens is 4. The van der Waals surface area contributed by atoms with Gasteiger partial charge in [-0.15, -0.1) is 0 Å². The molecule has 3 rings (SSSR count). The minimum absolute atomic E-state index is 0.0601. The van der Waals surface area contributed by atoms with Crippen molar-refractivity contribution >= 4 is 11.0 Å². The third-order valence-corrected chi connectivity index (χ3v) is 4.44. The zero-order valence-corrected chi connectivity index (χ0v) is 16.1. The minimum Gasteiger partial charge on any atom is -0.480 e. The average molecular weight is 450 g/mol. The van der Waals surface area contributed by atoms with E-state index in [1.54, 1.807) is 0 Å². The first-order valence-electron chi connectivity index (χ1n) is 8.70. The highest BCUT2D eigenvalue weighted by molar-refractivity contribution is 5.84. The topological polar surface area (TPSA) is 82.3 Å². The maximum atomic E-state index is 13.4. The number of benzene rings is 1. The van der Waals surface area contributed by atoms with Gasteiger partial charge in [-0.25, -0.2) is 4.68 Å². The molecule has 0 saturated carbocycles. The predicted molar refractivity (Wildman–Crippen MR) is 94.6 cm³/mol. The van der Waals surface area contributed by atoms with Crippen molar-refractivity contribution < 1.29 is 40.9 Å². The third kappa shape index (κ3) is 4.65. The van der Waals surface area contributed by atoms with Crippen LogP contribution in [0.15, 0.2) is 24.3 Å². The molecule has 13 heteroatoms. The van der Waals surface area contributed by atoms with E-state index in [1.165, 1.54) is 14.2 Å². The number of aliphatic hydroxyl groups is 1. The molecular weight excluding hydrogens is 434 g/mol. The number of ether oxygens (including phenoxy) is 2. The third-order valence-electron chi connectivity index (χ3n) is 4.44. The number of hydrogen-bond acceptors (Lipinski definition) is 6. The number of aliphatic hydroxyl groups excluding tert-OH is 1. The van der Waals surface area contributed by atoms with Gasteiger partial charge in [-0.05, 0) is 17.7 Å². The number of hydrogen-bond donors (Lipinski definition) is 1. The van der Waals surface area contributed by atoms with Crippen LogP contribution in [0.2, 0.25) is 0 Å². The number of fused-ring (bicyclic) bond motifs is 1. The summed E-state index contributed by atoms with van der Waals surface area (Å²) in [6.07, 6.45) is -10.8. The second kappa shape index (κ2) is 8.21. The van der Waals surface area contributed by atoms with Crippen LogP contribution < -0.4 is 9.47 Å². The maximum absolute atomic E-state index is 13.4. The van der Waals surface area contributed by atoms with Crippen LogP contribution in [0.5, 0.6) is 11.9 Å². The highest BCUT2D eigenvalue weighted by atomic mass is 19.4. The van der Waals surface area contributed by atoms with E-state index in [0.717, 1.165) is 16.8 Å². The second-order valence-corrected chi connectivity index (χ2v) is 6.42. The summed E-state index contributed by atoms with van der Waals surface area (Å²) in [6, 6.07) is 1.46. The quantitative estimate of drug-likeness (QED) is 0.574. The molecule has 0 bridgehead atoms. The van der Waals surface area contributed by atoms with Gasteiger partial charge in [0.2, 0.25) is 5.88 Å². The molecule has 0 spiro atoms. The highest BCUT2D eigenvalue weighted by Gasteiger charge is 2.37. The summed E-state index contributed by atoms with van der Waals surface area (Å²) in [5.41, 5.74) is -1.29. The molecule has 1 aromatic carbocycles. The van der Waals surface area contributed by atoms with E-state index in [1.807, 2.05) is 0 Å². The van der Waals surface area contributed by atoms with Crippen LogP contribution >= 0.6 is 0 Å². The van der Waals surface area contributed by atoms with Crippen LogP contribution in [-0.2, 0) is 12.8 Å². The number of nitrogens with zero attached hydrogens (tertiary/aromatic N) is 4. The zero-order valence-electron chi connectivity index (χ0n) is 16.1. The lowest BCUT2D eigenvalue weighted by atomic mass is 10.0. The van der Waals surface area contributed by atoms with Crippen LogP contribution in [0.25, 0.3) is 11.0 Å². The van der Waals surface area contributed by atoms with Crippen molar-refractivity contribution in [2.24, 2.45) is 0 Å². The molecular formula is C18H16F6N4O3. The summed E-state index contributed by atoms with van der Waals surface area (Å²) < 4.78 is 89.7. The van der Waals surface area contributed by atoms with E-state index in [0.29, 0.717) is 12.1 Å². The smallest absolute Gasteiger partial charge is 0.416 e. The van der Waals surface area contributed by atoms with E-state index in [-0.39, 0.29) is 34.2 Å². The van der Waals surface area contributed by atoms with Crippen LogP contribution in [0, 0.1) is 0 Å². The fourth-order valence-corrected chi connectivity index (χ4v) is 3.08. The molecule has 7 nitrogen and oxygen atoms in total. The molecule has 0 radical (unpaired) electrons. The van der Waals surface area contributed by atoms with Crippen molar-refractivity contribution in [3.05, 3.63) is 41.1 Å². The molecule has 0 amide bonds. The molecule has 168 valence electrons. The largest absolute Gasteiger partial charge is 0.480 e. The summed E-state index contributed by atoms with van der Waals surface area (Å²) in [7, 11) is 2.49. The molecule has 0 fully saturated rings. The summed E-state index contributed by atoms with van der Waals surface area (Å²) in [4.78, 5) is 7.97. The predicted octanol–water partition coefficient (Wildman–Crippen LogP) is 3.90. The van der Waals surface area contributed by atoms with E-state index >= 15 is 0 Å². The SMILES string of the molecule is COc1nc(OC)c2c(CO)nn(C(CC(F)(F)F)c3ccc(C(F)(F)F)cc3)c2n1. The molecule has 2 aromatic heterocycles. The van der Waals surface area contributed by atoms with Gasteiger partial charge < -0.3 is 14.6 Å². The first-order chi connectivity index (χ1) is 14.5. The average Bonchev–Trinajstić information content (AvgIpc) is 3.08. The minimum atomic E-state index is -4.69. The lowest BCUT2D eigenvalue weighted by Crippen LogP contribution is -2.21. The normalized spacial score (nSPS) is 13.5. The monoisotopic (exact) mass is 450 g/mol. The van der Waals surface area contributed by atoms with Crippen molar-refractivity contribution in [2.45, 2.75) is 31.4 Å². The molecule has 1 N–H and O–H groups in total. The molecule has 31 heavy (non-hydrogen) atoms. The van der Waals surface area contributed by atoms with Crippen LogP contribution in [0.1, 0.15) is 29.3 Å². The summed E-state index contributed by atoms with van der Waals surface area (Å²) in [6.45, 7) is -0.665. The Kier molecular flexibility index (Phi) is 5.98. The zero-order chi connectivity index (χ0) is 23.0. The molecule has 0 aliphatic carbocycles. The fraction of sp³-hybridized carbons (Fsp3) is 0.389. The van der Waals surface area contributed by atoms with Crippen molar-refractivity contribution in [1.29, 1.82) is 0 Å². The maximum Gasteiger partial charge on any atom is 0.416 e. The van der Waals surface area contributed by atoms with Crippen LogP contribution in [-0.4, -0.2) is 45.3 Å².